The molecule has 0 aliphatic carbocycles. The number of rotatable bonds is 4. The number of hydrogen-bond donors (Lipinski definition) is 1. The molecule has 2 fully saturated rings. The Hall–Kier alpha value is -2.40. The number of benzene rings is 1. The van der Waals surface area contributed by atoms with Crippen LogP contribution in [-0.4, -0.2) is 73.2 Å². The van der Waals surface area contributed by atoms with Gasteiger partial charge in [-0.3, -0.25) is 4.79 Å². The maximum atomic E-state index is 14.9. The number of nitrogens with one attached hydrogen (secondary N) is 1. The molecule has 2 atom stereocenters. The van der Waals surface area contributed by atoms with Crippen LogP contribution in [0.15, 0.2) is 12.1 Å². The summed E-state index contributed by atoms with van der Waals surface area (Å²) in [5, 5.41) is 2.59. The van der Waals surface area contributed by atoms with E-state index in [9.17, 15) is 18.4 Å². The van der Waals surface area contributed by atoms with Crippen LogP contribution >= 0.6 is 0 Å². The molecule has 3 rings (SSSR count). The fourth-order valence-corrected chi connectivity index (χ4v) is 3.69. The molecule has 0 radical (unpaired) electrons. The monoisotopic (exact) mass is 482 g/mol. The molecular formula is C23H33BF2N2O6. The molecule has 0 bridgehead atoms. The standard InChI is InChI=1S/C23H33BF2N2O6/c1-21(2,3)32-20(30)28-11-16(26)17(12-28)27-19(29)13-9-14(15(25)10-18(13)31-8)24-33-22(4,5)23(6,7)34-24/h9-10,16-17H,11-12H2,1-8H3,(H,27,29)/t16-,17+/m0/s1. The van der Waals surface area contributed by atoms with Gasteiger partial charge in [-0.1, -0.05) is 0 Å². The van der Waals surface area contributed by atoms with E-state index in [1.165, 1.54) is 18.1 Å². The number of likely N-dealkylation sites (tertiary alicyclic amines) is 1. The van der Waals surface area contributed by atoms with Gasteiger partial charge in [-0.2, -0.15) is 0 Å². The Labute approximate surface area is 199 Å². The molecule has 11 heteroatoms. The third-order valence-corrected chi connectivity index (χ3v) is 6.29. The summed E-state index contributed by atoms with van der Waals surface area (Å²) in [6, 6.07) is 1.40. The summed E-state index contributed by atoms with van der Waals surface area (Å²) in [6.45, 7) is 12.2. The zero-order chi connectivity index (χ0) is 25.6. The van der Waals surface area contributed by atoms with Crippen LogP contribution in [0.1, 0.15) is 58.8 Å². The molecule has 2 heterocycles. The van der Waals surface area contributed by atoms with Crippen molar-refractivity contribution in [2.45, 2.75) is 77.5 Å². The number of methoxy groups -OCH3 is 1. The van der Waals surface area contributed by atoms with Gasteiger partial charge in [-0.05, 0) is 54.5 Å². The van der Waals surface area contributed by atoms with Crippen molar-refractivity contribution in [2.24, 2.45) is 0 Å². The zero-order valence-corrected chi connectivity index (χ0v) is 21.0. The van der Waals surface area contributed by atoms with E-state index in [2.05, 4.69) is 5.32 Å². The molecule has 2 aliphatic heterocycles. The molecular weight excluding hydrogens is 449 g/mol. The van der Waals surface area contributed by atoms with Gasteiger partial charge < -0.3 is 29.0 Å². The van der Waals surface area contributed by atoms with Crippen LogP contribution in [0.2, 0.25) is 0 Å². The van der Waals surface area contributed by atoms with Crippen molar-refractivity contribution in [3.8, 4) is 5.75 Å². The quantitative estimate of drug-likeness (QED) is 0.665. The van der Waals surface area contributed by atoms with Crippen molar-refractivity contribution >= 4 is 24.6 Å². The molecule has 2 saturated heterocycles. The van der Waals surface area contributed by atoms with Gasteiger partial charge in [0.15, 0.2) is 0 Å². The van der Waals surface area contributed by atoms with E-state index in [1.807, 2.05) is 27.7 Å². The van der Waals surface area contributed by atoms with Gasteiger partial charge in [0.25, 0.3) is 5.91 Å². The third-order valence-electron chi connectivity index (χ3n) is 6.29. The van der Waals surface area contributed by atoms with Gasteiger partial charge in [0.05, 0.1) is 36.5 Å². The summed E-state index contributed by atoms with van der Waals surface area (Å²) in [4.78, 5) is 26.6. The second kappa shape index (κ2) is 9.00. The number of alkyl halides is 1. The van der Waals surface area contributed by atoms with E-state index in [0.29, 0.717) is 0 Å². The Kier molecular flexibility index (Phi) is 6.94. The largest absolute Gasteiger partial charge is 0.497 e. The lowest BCUT2D eigenvalue weighted by Gasteiger charge is -2.32. The lowest BCUT2D eigenvalue weighted by atomic mass is 9.77. The number of nitrogens with zero attached hydrogens (tertiary/aromatic N) is 1. The van der Waals surface area contributed by atoms with Crippen LogP contribution in [-0.2, 0) is 14.0 Å². The molecule has 2 amide bonds. The topological polar surface area (TPSA) is 86.3 Å². The van der Waals surface area contributed by atoms with Crippen LogP contribution in [0.25, 0.3) is 0 Å². The van der Waals surface area contributed by atoms with Crippen LogP contribution in [0.5, 0.6) is 5.75 Å². The van der Waals surface area contributed by atoms with Crippen LogP contribution in [0.4, 0.5) is 13.6 Å². The highest BCUT2D eigenvalue weighted by atomic mass is 19.1. The molecule has 0 aromatic heterocycles. The van der Waals surface area contributed by atoms with Crippen molar-refractivity contribution in [1.82, 2.24) is 10.2 Å². The fourth-order valence-electron chi connectivity index (χ4n) is 3.69. The molecule has 1 aromatic carbocycles. The highest BCUT2D eigenvalue weighted by Gasteiger charge is 2.52. The molecule has 1 N–H and O–H groups in total. The number of halogens is 2. The Balaban J connectivity index is 1.80. The SMILES string of the molecule is COc1cc(F)c(B2OC(C)(C)C(C)(C)O2)cc1C(=O)N[C@@H]1CN(C(=O)OC(C)(C)C)C[C@@H]1F. The van der Waals surface area contributed by atoms with Crippen molar-refractivity contribution in [3.05, 3.63) is 23.5 Å². The van der Waals surface area contributed by atoms with Crippen molar-refractivity contribution in [2.75, 3.05) is 20.2 Å². The van der Waals surface area contributed by atoms with Crippen LogP contribution in [0, 0.1) is 5.82 Å². The molecule has 8 nitrogen and oxygen atoms in total. The minimum absolute atomic E-state index is 0.00321. The predicted octanol–water partition coefficient (Wildman–Crippen LogP) is 2.82. The smallest absolute Gasteiger partial charge is 0.496 e. The zero-order valence-electron chi connectivity index (χ0n) is 21.0. The van der Waals surface area contributed by atoms with Gasteiger partial charge in [0.1, 0.15) is 23.3 Å². The maximum Gasteiger partial charge on any atom is 0.497 e. The summed E-state index contributed by atoms with van der Waals surface area (Å²) in [6.07, 6.45) is -2.15. The fraction of sp³-hybridized carbons (Fsp3) is 0.652. The molecule has 2 aliphatic rings. The second-order valence-corrected chi connectivity index (χ2v) is 10.6. The Morgan fingerprint density at radius 3 is 2.26 bits per heavy atom. The van der Waals surface area contributed by atoms with E-state index in [4.69, 9.17) is 18.8 Å². The highest BCUT2D eigenvalue weighted by molar-refractivity contribution is 6.62. The minimum atomic E-state index is -1.49. The Bertz CT molecular complexity index is 950. The summed E-state index contributed by atoms with van der Waals surface area (Å²) in [5.74, 6) is -1.35. The van der Waals surface area contributed by atoms with Gasteiger partial charge >= 0.3 is 13.2 Å². The van der Waals surface area contributed by atoms with Gasteiger partial charge in [0.2, 0.25) is 0 Å². The number of carbonyl (C=O) groups excluding carboxylic acids is 2. The third kappa shape index (κ3) is 5.30. The average Bonchev–Trinajstić information content (AvgIpc) is 3.15. The van der Waals surface area contributed by atoms with Crippen molar-refractivity contribution in [1.29, 1.82) is 0 Å². The number of amides is 2. The predicted molar refractivity (Wildman–Crippen MR) is 123 cm³/mol. The number of carbonyl (C=O) groups is 2. The lowest BCUT2D eigenvalue weighted by Crippen LogP contribution is -2.43. The summed E-state index contributed by atoms with van der Waals surface area (Å²) in [5.41, 5.74) is -2.11. The van der Waals surface area contributed by atoms with E-state index in [1.54, 1.807) is 20.8 Å². The van der Waals surface area contributed by atoms with E-state index in [-0.39, 0.29) is 29.9 Å². The molecule has 1 aromatic rings. The van der Waals surface area contributed by atoms with E-state index < -0.39 is 54.0 Å². The molecule has 0 unspecified atom stereocenters. The Morgan fingerprint density at radius 2 is 1.74 bits per heavy atom. The molecule has 0 spiro atoms. The van der Waals surface area contributed by atoms with Gasteiger partial charge in [-0.25, -0.2) is 13.6 Å². The van der Waals surface area contributed by atoms with Crippen LogP contribution < -0.4 is 15.5 Å². The van der Waals surface area contributed by atoms with Crippen molar-refractivity contribution in [3.63, 3.8) is 0 Å². The minimum Gasteiger partial charge on any atom is -0.496 e. The van der Waals surface area contributed by atoms with Crippen LogP contribution in [0.3, 0.4) is 0 Å². The first-order valence-electron chi connectivity index (χ1n) is 11.2. The lowest BCUT2D eigenvalue weighted by molar-refractivity contribution is 0.00578. The first kappa shape index (κ1) is 26.2. The number of ether oxygens (including phenoxy) is 2. The Morgan fingerprint density at radius 1 is 1.15 bits per heavy atom. The molecule has 188 valence electrons. The van der Waals surface area contributed by atoms with Crippen molar-refractivity contribution < 1.29 is 37.2 Å². The summed E-state index contributed by atoms with van der Waals surface area (Å²) >= 11 is 0. The summed E-state index contributed by atoms with van der Waals surface area (Å²) < 4.78 is 51.9. The summed E-state index contributed by atoms with van der Waals surface area (Å²) in [7, 11) is 0.267. The first-order valence-corrected chi connectivity index (χ1v) is 11.2. The normalized spacial score (nSPS) is 23.7. The number of hydrogen-bond acceptors (Lipinski definition) is 6. The maximum absolute atomic E-state index is 14.9. The average molecular weight is 482 g/mol. The molecule has 34 heavy (non-hydrogen) atoms. The second-order valence-electron chi connectivity index (χ2n) is 10.6. The highest BCUT2D eigenvalue weighted by Crippen LogP contribution is 2.37. The van der Waals surface area contributed by atoms with Gasteiger partial charge in [-0.15, -0.1) is 0 Å². The first-order chi connectivity index (χ1) is 15.5. The molecule has 0 saturated carbocycles. The van der Waals surface area contributed by atoms with E-state index >= 15 is 0 Å². The van der Waals surface area contributed by atoms with E-state index in [0.717, 1.165) is 6.07 Å². The van der Waals surface area contributed by atoms with Gasteiger partial charge in [0, 0.05) is 18.1 Å².